The van der Waals surface area contributed by atoms with Crippen molar-refractivity contribution in [2.45, 2.75) is 18.5 Å². The molecule has 12 heteroatoms. The van der Waals surface area contributed by atoms with Crippen molar-refractivity contribution < 1.29 is 18.8 Å². The van der Waals surface area contributed by atoms with E-state index in [0.29, 0.717) is 44.2 Å². The summed E-state index contributed by atoms with van der Waals surface area (Å²) in [6, 6.07) is 10.6. The van der Waals surface area contributed by atoms with Crippen LogP contribution >= 0.6 is 23.4 Å². The zero-order valence-electron chi connectivity index (χ0n) is 19.5. The van der Waals surface area contributed by atoms with Crippen LogP contribution in [-0.4, -0.2) is 46.3 Å². The zero-order chi connectivity index (χ0) is 25.1. The molecule has 0 radical (unpaired) electrons. The van der Waals surface area contributed by atoms with Crippen LogP contribution in [0.5, 0.6) is 11.5 Å². The Labute approximate surface area is 210 Å². The van der Waals surface area contributed by atoms with Crippen LogP contribution in [0.15, 0.2) is 45.9 Å². The molecule has 2 aromatic heterocycles. The van der Waals surface area contributed by atoms with Crippen molar-refractivity contribution >= 4 is 40.8 Å². The van der Waals surface area contributed by atoms with Gasteiger partial charge in [-0.25, -0.2) is 4.68 Å². The SMILES string of the molecule is COc1ccc(-c2noc(-c3c(SC)nn(CC(=O)Nc4ccc(C)c(Cl)c4)c3N)n2)cc1OC. The topological polar surface area (TPSA) is 130 Å². The minimum Gasteiger partial charge on any atom is -0.493 e. The fourth-order valence-corrected chi connectivity index (χ4v) is 4.10. The lowest BCUT2D eigenvalue weighted by molar-refractivity contribution is -0.116. The number of hydrogen-bond donors (Lipinski definition) is 2. The maximum atomic E-state index is 12.6. The molecular formula is C23H23ClN6O4S. The Kier molecular flexibility index (Phi) is 7.17. The van der Waals surface area contributed by atoms with Crippen LogP contribution in [0.4, 0.5) is 11.5 Å². The second kappa shape index (κ2) is 10.3. The number of nitrogens with one attached hydrogen (secondary N) is 1. The first-order chi connectivity index (χ1) is 16.8. The Morgan fingerprint density at radius 3 is 2.66 bits per heavy atom. The van der Waals surface area contributed by atoms with E-state index in [4.69, 9.17) is 31.3 Å². The number of nitrogens with two attached hydrogens (primary N) is 1. The molecule has 0 saturated heterocycles. The summed E-state index contributed by atoms with van der Waals surface area (Å²) in [6.45, 7) is 1.78. The van der Waals surface area contributed by atoms with E-state index in [1.54, 1.807) is 44.6 Å². The lowest BCUT2D eigenvalue weighted by Gasteiger charge is -2.08. The van der Waals surface area contributed by atoms with Crippen LogP contribution in [0.25, 0.3) is 22.8 Å². The highest BCUT2D eigenvalue weighted by Gasteiger charge is 2.24. The van der Waals surface area contributed by atoms with Crippen molar-refractivity contribution in [1.82, 2.24) is 19.9 Å². The minimum absolute atomic E-state index is 0.110. The molecule has 0 atom stereocenters. The number of nitrogens with zero attached hydrogens (tertiary/aromatic N) is 4. The third-order valence-corrected chi connectivity index (χ3v) is 6.26. The van der Waals surface area contributed by atoms with Crippen LogP contribution in [0.2, 0.25) is 5.02 Å². The number of methoxy groups -OCH3 is 2. The molecule has 0 fully saturated rings. The molecule has 35 heavy (non-hydrogen) atoms. The lowest BCUT2D eigenvalue weighted by Crippen LogP contribution is -2.20. The first-order valence-electron chi connectivity index (χ1n) is 10.4. The lowest BCUT2D eigenvalue weighted by atomic mass is 10.2. The van der Waals surface area contributed by atoms with Gasteiger partial charge in [0.05, 0.1) is 14.2 Å². The number of rotatable bonds is 8. The molecule has 2 aromatic carbocycles. The molecule has 0 unspecified atom stereocenters. The van der Waals surface area contributed by atoms with Crippen LogP contribution in [0, 0.1) is 6.92 Å². The van der Waals surface area contributed by atoms with Gasteiger partial charge in [0.2, 0.25) is 11.7 Å². The van der Waals surface area contributed by atoms with E-state index in [9.17, 15) is 4.79 Å². The number of aromatic nitrogens is 4. The number of amides is 1. The third-order valence-electron chi connectivity index (χ3n) is 5.18. The maximum absolute atomic E-state index is 12.6. The van der Waals surface area contributed by atoms with Gasteiger partial charge in [0.15, 0.2) is 11.5 Å². The van der Waals surface area contributed by atoms with Crippen molar-refractivity contribution in [3.63, 3.8) is 0 Å². The normalized spacial score (nSPS) is 10.9. The van der Waals surface area contributed by atoms with Crippen LogP contribution in [0.1, 0.15) is 5.56 Å². The van der Waals surface area contributed by atoms with Crippen LogP contribution in [0.3, 0.4) is 0 Å². The van der Waals surface area contributed by atoms with E-state index in [0.717, 1.165) is 5.56 Å². The second-order valence-corrected chi connectivity index (χ2v) is 8.63. The second-order valence-electron chi connectivity index (χ2n) is 7.43. The van der Waals surface area contributed by atoms with E-state index < -0.39 is 0 Å². The molecule has 2 heterocycles. The van der Waals surface area contributed by atoms with Crippen LogP contribution in [-0.2, 0) is 11.3 Å². The summed E-state index contributed by atoms with van der Waals surface area (Å²) < 4.78 is 17.5. The molecule has 0 aliphatic carbocycles. The fraction of sp³-hybridized carbons (Fsp3) is 0.217. The maximum Gasteiger partial charge on any atom is 0.264 e. The number of halogens is 1. The smallest absolute Gasteiger partial charge is 0.264 e. The highest BCUT2D eigenvalue weighted by molar-refractivity contribution is 7.98. The first-order valence-corrected chi connectivity index (χ1v) is 12.0. The Morgan fingerprint density at radius 1 is 1.20 bits per heavy atom. The average Bonchev–Trinajstić information content (AvgIpc) is 3.45. The minimum atomic E-state index is -0.310. The van der Waals surface area contributed by atoms with Gasteiger partial charge >= 0.3 is 0 Å². The monoisotopic (exact) mass is 514 g/mol. The Bertz CT molecular complexity index is 1390. The summed E-state index contributed by atoms with van der Waals surface area (Å²) in [6.07, 6.45) is 1.84. The van der Waals surface area contributed by atoms with Crippen LogP contribution < -0.4 is 20.5 Å². The van der Waals surface area contributed by atoms with E-state index in [1.165, 1.54) is 16.4 Å². The van der Waals surface area contributed by atoms with E-state index in [2.05, 4.69) is 20.6 Å². The molecule has 10 nitrogen and oxygen atoms in total. The molecule has 0 aliphatic rings. The van der Waals surface area contributed by atoms with Gasteiger partial charge in [0.1, 0.15) is 23.0 Å². The number of anilines is 2. The van der Waals surface area contributed by atoms with Crippen molar-refractivity contribution in [3.8, 4) is 34.3 Å². The summed E-state index contributed by atoms with van der Waals surface area (Å²) in [4.78, 5) is 17.1. The number of ether oxygens (including phenoxy) is 2. The predicted molar refractivity (Wildman–Crippen MR) is 135 cm³/mol. The average molecular weight is 515 g/mol. The molecule has 4 rings (SSSR count). The highest BCUT2D eigenvalue weighted by atomic mass is 35.5. The number of carbonyl (C=O) groups excluding carboxylic acids is 1. The van der Waals surface area contributed by atoms with Crippen molar-refractivity contribution in [2.75, 3.05) is 31.5 Å². The van der Waals surface area contributed by atoms with Gasteiger partial charge in [-0.3, -0.25) is 4.79 Å². The molecule has 1 amide bonds. The Hall–Kier alpha value is -3.70. The van der Waals surface area contributed by atoms with Gasteiger partial charge < -0.3 is 25.0 Å². The van der Waals surface area contributed by atoms with Gasteiger partial charge in [0, 0.05) is 16.3 Å². The Morgan fingerprint density at radius 2 is 1.97 bits per heavy atom. The molecule has 4 aromatic rings. The van der Waals surface area contributed by atoms with Crippen molar-refractivity contribution in [2.24, 2.45) is 0 Å². The molecule has 0 spiro atoms. The zero-order valence-corrected chi connectivity index (χ0v) is 21.0. The summed E-state index contributed by atoms with van der Waals surface area (Å²) >= 11 is 7.49. The largest absolute Gasteiger partial charge is 0.493 e. The molecule has 3 N–H and O–H groups in total. The highest BCUT2D eigenvalue weighted by Crippen LogP contribution is 2.36. The summed E-state index contributed by atoms with van der Waals surface area (Å²) in [7, 11) is 3.11. The molecular weight excluding hydrogens is 492 g/mol. The van der Waals surface area contributed by atoms with Crippen molar-refractivity contribution in [3.05, 3.63) is 47.0 Å². The predicted octanol–water partition coefficient (Wildman–Crippen LogP) is 4.52. The number of aryl methyl sites for hydroxylation is 1. The number of thioether (sulfide) groups is 1. The van der Waals surface area contributed by atoms with Gasteiger partial charge in [-0.1, -0.05) is 22.8 Å². The van der Waals surface area contributed by atoms with E-state index >= 15 is 0 Å². The fourth-order valence-electron chi connectivity index (χ4n) is 3.34. The van der Waals surface area contributed by atoms with E-state index in [-0.39, 0.29) is 24.2 Å². The van der Waals surface area contributed by atoms with E-state index in [1.807, 2.05) is 19.2 Å². The quantitative estimate of drug-likeness (QED) is 0.326. The summed E-state index contributed by atoms with van der Waals surface area (Å²) in [5.74, 6) is 1.57. The van der Waals surface area contributed by atoms with Gasteiger partial charge in [0.25, 0.3) is 5.89 Å². The number of nitrogen functional groups attached to an aromatic ring is 1. The van der Waals surface area contributed by atoms with Gasteiger partial charge in [-0.2, -0.15) is 10.1 Å². The van der Waals surface area contributed by atoms with Gasteiger partial charge in [-0.05, 0) is 49.1 Å². The Balaban J connectivity index is 1.59. The standard InChI is InChI=1S/C23H23ClN6O4S/c1-12-5-7-14(10-15(12)24)26-18(31)11-30-20(25)19(23(28-30)35-4)22-27-21(29-34-22)13-6-8-16(32-2)17(9-13)33-3/h5-10H,11,25H2,1-4H3,(H,26,31). The molecule has 182 valence electrons. The first kappa shape index (κ1) is 24.4. The van der Waals surface area contributed by atoms with Gasteiger partial charge in [-0.15, -0.1) is 11.8 Å². The third kappa shape index (κ3) is 5.05. The molecule has 0 bridgehead atoms. The molecule has 0 saturated carbocycles. The summed E-state index contributed by atoms with van der Waals surface area (Å²) in [5.41, 5.74) is 8.98. The number of hydrogen-bond acceptors (Lipinski definition) is 9. The summed E-state index contributed by atoms with van der Waals surface area (Å²) in [5, 5.41) is 12.4. The van der Waals surface area contributed by atoms with Crippen molar-refractivity contribution in [1.29, 1.82) is 0 Å². The number of carbonyl (C=O) groups is 1. The number of benzene rings is 2. The molecule has 0 aliphatic heterocycles.